The standard InChI is InChI=1S/C22H21NO4S/c1-3-4-15-5-7-16(8-6-15)20(24)13-27-22(25)19-14-28-21(23-19)17-9-11-18(26-2)12-10-17/h5-12,14H,3-4,13H2,1-2H3. The largest absolute Gasteiger partial charge is 0.497 e. The molecule has 0 saturated heterocycles. The van der Waals surface area contributed by atoms with Gasteiger partial charge in [0.05, 0.1) is 7.11 Å². The number of aromatic nitrogens is 1. The number of Topliss-reactive ketones (excluding diaryl/α,β-unsaturated/α-hetero) is 1. The number of aryl methyl sites for hydroxylation is 1. The van der Waals surface area contributed by atoms with Crippen LogP contribution >= 0.6 is 11.3 Å². The van der Waals surface area contributed by atoms with Gasteiger partial charge >= 0.3 is 5.97 Å². The van der Waals surface area contributed by atoms with Crippen LogP contribution in [0.15, 0.2) is 53.9 Å². The first-order valence-corrected chi connectivity index (χ1v) is 9.88. The van der Waals surface area contributed by atoms with Gasteiger partial charge in [-0.2, -0.15) is 0 Å². The Morgan fingerprint density at radius 3 is 2.39 bits per heavy atom. The van der Waals surface area contributed by atoms with Gasteiger partial charge in [-0.3, -0.25) is 4.79 Å². The topological polar surface area (TPSA) is 65.5 Å². The van der Waals surface area contributed by atoms with E-state index in [1.165, 1.54) is 16.9 Å². The number of ketones is 1. The molecule has 28 heavy (non-hydrogen) atoms. The number of esters is 1. The number of rotatable bonds is 8. The molecule has 1 aromatic heterocycles. The van der Waals surface area contributed by atoms with E-state index >= 15 is 0 Å². The number of nitrogens with zero attached hydrogens (tertiary/aromatic N) is 1. The zero-order valence-electron chi connectivity index (χ0n) is 15.8. The molecular weight excluding hydrogens is 374 g/mol. The molecule has 0 unspecified atom stereocenters. The summed E-state index contributed by atoms with van der Waals surface area (Å²) in [6.45, 7) is 1.80. The second-order valence-corrected chi connectivity index (χ2v) is 7.07. The molecule has 3 aromatic rings. The van der Waals surface area contributed by atoms with E-state index in [0.717, 1.165) is 24.2 Å². The van der Waals surface area contributed by atoms with Crippen LogP contribution in [0.5, 0.6) is 5.75 Å². The Morgan fingerprint density at radius 2 is 1.75 bits per heavy atom. The molecule has 0 amide bonds. The summed E-state index contributed by atoms with van der Waals surface area (Å²) >= 11 is 1.34. The van der Waals surface area contributed by atoms with Crippen LogP contribution in [-0.2, 0) is 11.2 Å². The van der Waals surface area contributed by atoms with E-state index < -0.39 is 5.97 Å². The van der Waals surface area contributed by atoms with Crippen molar-refractivity contribution in [1.29, 1.82) is 0 Å². The van der Waals surface area contributed by atoms with Gasteiger partial charge in [-0.05, 0) is 36.2 Å². The van der Waals surface area contributed by atoms with Gasteiger partial charge in [0, 0.05) is 16.5 Å². The van der Waals surface area contributed by atoms with Crippen LogP contribution in [0.1, 0.15) is 39.8 Å². The Hall–Kier alpha value is -2.99. The molecule has 0 spiro atoms. The van der Waals surface area contributed by atoms with E-state index in [0.29, 0.717) is 10.6 Å². The minimum Gasteiger partial charge on any atom is -0.497 e. The Balaban J connectivity index is 1.58. The van der Waals surface area contributed by atoms with Crippen molar-refractivity contribution >= 4 is 23.1 Å². The summed E-state index contributed by atoms with van der Waals surface area (Å²) in [6.07, 6.45) is 2.03. The molecule has 0 N–H and O–H groups in total. The van der Waals surface area contributed by atoms with Crippen molar-refractivity contribution in [3.63, 3.8) is 0 Å². The molecule has 0 aliphatic carbocycles. The predicted molar refractivity (Wildman–Crippen MR) is 109 cm³/mol. The molecule has 0 bridgehead atoms. The molecule has 0 fully saturated rings. The summed E-state index contributed by atoms with van der Waals surface area (Å²) in [5.41, 5.74) is 2.80. The number of methoxy groups -OCH3 is 1. The molecule has 1 heterocycles. The first-order chi connectivity index (χ1) is 13.6. The number of carbonyl (C=O) groups is 2. The summed E-state index contributed by atoms with van der Waals surface area (Å²) in [5.74, 6) is -0.0878. The molecule has 0 aliphatic rings. The molecule has 144 valence electrons. The van der Waals surface area contributed by atoms with Crippen LogP contribution in [0, 0.1) is 0 Å². The first kappa shape index (κ1) is 19.8. The third-order valence-electron chi connectivity index (χ3n) is 4.20. The number of thiazole rings is 1. The van der Waals surface area contributed by atoms with Gasteiger partial charge in [-0.1, -0.05) is 37.6 Å². The third-order valence-corrected chi connectivity index (χ3v) is 5.09. The fourth-order valence-corrected chi connectivity index (χ4v) is 3.46. The quantitative estimate of drug-likeness (QED) is 0.404. The predicted octanol–water partition coefficient (Wildman–Crippen LogP) is 4.81. The minimum atomic E-state index is -0.605. The van der Waals surface area contributed by atoms with Gasteiger partial charge in [-0.25, -0.2) is 9.78 Å². The second-order valence-electron chi connectivity index (χ2n) is 6.21. The highest BCUT2D eigenvalue weighted by Crippen LogP contribution is 2.26. The average Bonchev–Trinajstić information content (AvgIpc) is 3.23. The molecule has 2 aromatic carbocycles. The summed E-state index contributed by atoms with van der Waals surface area (Å²) in [5, 5.41) is 2.33. The molecule has 0 atom stereocenters. The Labute approximate surface area is 168 Å². The molecule has 0 saturated carbocycles. The van der Waals surface area contributed by atoms with E-state index in [1.807, 2.05) is 36.4 Å². The van der Waals surface area contributed by atoms with E-state index in [-0.39, 0.29) is 18.1 Å². The monoisotopic (exact) mass is 395 g/mol. The highest BCUT2D eigenvalue weighted by Gasteiger charge is 2.16. The minimum absolute atomic E-state index is 0.196. The molecule has 6 heteroatoms. The highest BCUT2D eigenvalue weighted by molar-refractivity contribution is 7.13. The summed E-state index contributed by atoms with van der Waals surface area (Å²) < 4.78 is 10.3. The molecule has 5 nitrogen and oxygen atoms in total. The molecular formula is C22H21NO4S. The maximum absolute atomic E-state index is 12.2. The van der Waals surface area contributed by atoms with Gasteiger partial charge in [0.2, 0.25) is 0 Å². The number of hydrogen-bond donors (Lipinski definition) is 0. The van der Waals surface area contributed by atoms with Gasteiger partial charge in [0.15, 0.2) is 18.1 Å². The third kappa shape index (κ3) is 4.84. The van der Waals surface area contributed by atoms with Crippen molar-refractivity contribution < 1.29 is 19.1 Å². The molecule has 0 radical (unpaired) electrons. The van der Waals surface area contributed by atoms with Crippen LogP contribution in [0.2, 0.25) is 0 Å². The Morgan fingerprint density at radius 1 is 1.04 bits per heavy atom. The van der Waals surface area contributed by atoms with E-state index in [4.69, 9.17) is 9.47 Å². The second kappa shape index (κ2) is 9.28. The lowest BCUT2D eigenvalue weighted by molar-refractivity contribution is 0.0470. The fourth-order valence-electron chi connectivity index (χ4n) is 2.67. The maximum atomic E-state index is 12.2. The SMILES string of the molecule is CCCc1ccc(C(=O)COC(=O)c2csc(-c3ccc(OC)cc3)n2)cc1. The lowest BCUT2D eigenvalue weighted by Crippen LogP contribution is -2.14. The molecule has 3 rings (SSSR count). The normalized spacial score (nSPS) is 10.5. The van der Waals surface area contributed by atoms with Crippen molar-refractivity contribution in [3.8, 4) is 16.3 Å². The van der Waals surface area contributed by atoms with Gasteiger partial charge in [-0.15, -0.1) is 11.3 Å². The maximum Gasteiger partial charge on any atom is 0.358 e. The zero-order valence-corrected chi connectivity index (χ0v) is 16.6. The average molecular weight is 395 g/mol. The van der Waals surface area contributed by atoms with Crippen LogP contribution in [0.3, 0.4) is 0 Å². The van der Waals surface area contributed by atoms with Crippen molar-refractivity contribution in [2.24, 2.45) is 0 Å². The Bertz CT molecular complexity index is 945. The van der Waals surface area contributed by atoms with Gasteiger partial charge in [0.25, 0.3) is 0 Å². The van der Waals surface area contributed by atoms with E-state index in [1.54, 1.807) is 24.6 Å². The van der Waals surface area contributed by atoms with E-state index in [9.17, 15) is 9.59 Å². The van der Waals surface area contributed by atoms with Crippen molar-refractivity contribution in [2.75, 3.05) is 13.7 Å². The summed E-state index contributed by atoms with van der Waals surface area (Å²) in [7, 11) is 1.60. The lowest BCUT2D eigenvalue weighted by Gasteiger charge is -2.04. The number of hydrogen-bond acceptors (Lipinski definition) is 6. The van der Waals surface area contributed by atoms with E-state index in [2.05, 4.69) is 11.9 Å². The van der Waals surface area contributed by atoms with Crippen LogP contribution in [0.25, 0.3) is 10.6 Å². The molecule has 0 aliphatic heterocycles. The number of ether oxygens (including phenoxy) is 2. The van der Waals surface area contributed by atoms with Crippen molar-refractivity contribution in [2.45, 2.75) is 19.8 Å². The zero-order chi connectivity index (χ0) is 19.9. The summed E-state index contributed by atoms with van der Waals surface area (Å²) in [4.78, 5) is 28.8. The van der Waals surface area contributed by atoms with Gasteiger partial charge < -0.3 is 9.47 Å². The van der Waals surface area contributed by atoms with Crippen LogP contribution in [0.4, 0.5) is 0 Å². The summed E-state index contributed by atoms with van der Waals surface area (Å²) in [6, 6.07) is 14.8. The smallest absolute Gasteiger partial charge is 0.358 e. The number of benzene rings is 2. The van der Waals surface area contributed by atoms with Crippen LogP contribution in [-0.4, -0.2) is 30.5 Å². The highest BCUT2D eigenvalue weighted by atomic mass is 32.1. The number of carbonyl (C=O) groups excluding carboxylic acids is 2. The van der Waals surface area contributed by atoms with Crippen molar-refractivity contribution in [3.05, 3.63) is 70.7 Å². The van der Waals surface area contributed by atoms with Crippen LogP contribution < -0.4 is 4.74 Å². The van der Waals surface area contributed by atoms with Gasteiger partial charge in [0.1, 0.15) is 10.8 Å². The Kier molecular flexibility index (Phi) is 6.55. The fraction of sp³-hybridized carbons (Fsp3) is 0.227. The first-order valence-electron chi connectivity index (χ1n) is 9.00. The lowest BCUT2D eigenvalue weighted by atomic mass is 10.1. The van der Waals surface area contributed by atoms with Crippen molar-refractivity contribution in [1.82, 2.24) is 4.98 Å².